The van der Waals surface area contributed by atoms with E-state index >= 15 is 0 Å². The highest BCUT2D eigenvalue weighted by Gasteiger charge is 2.27. The lowest BCUT2D eigenvalue weighted by Crippen LogP contribution is -2.37. The van der Waals surface area contributed by atoms with Gasteiger partial charge in [-0.2, -0.15) is 0 Å². The zero-order valence-corrected chi connectivity index (χ0v) is 52.4. The Morgan fingerprint density at radius 1 is 0.395 bits per heavy atom. The number of likely N-dealkylation sites (N-methyl/N-ethyl adjacent to an activating group) is 1. The van der Waals surface area contributed by atoms with Gasteiger partial charge in [0.2, 0.25) is 0 Å². The van der Waals surface area contributed by atoms with Crippen LogP contribution >= 0.6 is 7.82 Å². The molecule has 76 heavy (non-hydrogen) atoms. The molecule has 0 bridgehead atoms. The van der Waals surface area contributed by atoms with E-state index in [0.29, 0.717) is 17.4 Å². The van der Waals surface area contributed by atoms with Crippen LogP contribution in [-0.4, -0.2) is 74.9 Å². The minimum Gasteiger partial charge on any atom is -0.462 e. The molecule has 0 aromatic carbocycles. The number of rotatable bonds is 63. The summed E-state index contributed by atoms with van der Waals surface area (Å²) in [4.78, 5) is 35.6. The molecule has 0 amide bonds. The van der Waals surface area contributed by atoms with Crippen molar-refractivity contribution in [2.45, 2.75) is 354 Å². The second kappa shape index (κ2) is 58.4. The molecule has 10 heteroatoms. The number of allylic oxidation sites excluding steroid dienone is 2. The van der Waals surface area contributed by atoms with Crippen molar-refractivity contribution in [3.63, 3.8) is 0 Å². The van der Waals surface area contributed by atoms with Crippen LogP contribution in [0.15, 0.2) is 12.2 Å². The fourth-order valence-corrected chi connectivity index (χ4v) is 10.9. The maximum Gasteiger partial charge on any atom is 0.472 e. The van der Waals surface area contributed by atoms with Crippen molar-refractivity contribution < 1.29 is 42.1 Å². The Kier molecular flexibility index (Phi) is 57.4. The molecule has 0 saturated heterocycles. The van der Waals surface area contributed by atoms with Gasteiger partial charge in [-0.15, -0.1) is 0 Å². The van der Waals surface area contributed by atoms with Gasteiger partial charge in [-0.05, 0) is 38.5 Å². The van der Waals surface area contributed by atoms with Crippen LogP contribution in [0.3, 0.4) is 0 Å². The van der Waals surface area contributed by atoms with Gasteiger partial charge in [0.1, 0.15) is 19.8 Å². The molecule has 0 heterocycles. The smallest absolute Gasteiger partial charge is 0.462 e. The molecule has 0 aliphatic rings. The van der Waals surface area contributed by atoms with Gasteiger partial charge in [-0.1, -0.05) is 309 Å². The van der Waals surface area contributed by atoms with Crippen LogP contribution in [0.4, 0.5) is 0 Å². The predicted molar refractivity (Wildman–Crippen MR) is 326 cm³/mol. The Balaban J connectivity index is 3.77. The Bertz CT molecular complexity index is 1290. The molecular formula is C66H131NO8P+. The van der Waals surface area contributed by atoms with Crippen LogP contribution in [0.2, 0.25) is 0 Å². The minimum atomic E-state index is -4.38. The number of esters is 2. The average molecular weight is 1100 g/mol. The van der Waals surface area contributed by atoms with Crippen molar-refractivity contribution in [3.8, 4) is 0 Å². The van der Waals surface area contributed by atoms with Crippen molar-refractivity contribution in [3.05, 3.63) is 12.2 Å². The van der Waals surface area contributed by atoms with Gasteiger partial charge >= 0.3 is 19.8 Å². The minimum absolute atomic E-state index is 0.0366. The first kappa shape index (κ1) is 74.8. The van der Waals surface area contributed by atoms with Gasteiger partial charge < -0.3 is 18.9 Å². The molecule has 0 saturated carbocycles. The Morgan fingerprint density at radius 3 is 0.974 bits per heavy atom. The van der Waals surface area contributed by atoms with E-state index in [1.165, 1.54) is 283 Å². The number of phosphoric ester groups is 1. The number of hydrogen-bond acceptors (Lipinski definition) is 7. The van der Waals surface area contributed by atoms with Gasteiger partial charge in [0, 0.05) is 12.8 Å². The van der Waals surface area contributed by atoms with Gasteiger partial charge in [0.05, 0.1) is 27.7 Å². The summed E-state index contributed by atoms with van der Waals surface area (Å²) in [5.41, 5.74) is 0. The number of nitrogens with zero attached hydrogens (tertiary/aromatic N) is 1. The third kappa shape index (κ3) is 62.0. The van der Waals surface area contributed by atoms with E-state index in [0.717, 1.165) is 38.5 Å². The van der Waals surface area contributed by atoms with Crippen LogP contribution in [0.1, 0.15) is 348 Å². The van der Waals surface area contributed by atoms with E-state index in [1.807, 2.05) is 21.1 Å². The molecule has 0 aromatic rings. The average Bonchev–Trinajstić information content (AvgIpc) is 3.38. The van der Waals surface area contributed by atoms with Gasteiger partial charge in [-0.25, -0.2) is 4.57 Å². The number of quaternary nitrogens is 1. The number of ether oxygens (including phenoxy) is 2. The standard InChI is InChI=1S/C66H130NO8P/c1-6-8-10-12-14-16-18-19-20-21-22-23-24-25-26-27-28-29-30-31-32-33-34-35-36-37-38-39-40-41-42-43-44-45-46-47-49-51-53-55-57-59-66(69)75-64(63-74-76(70,71)73-61-60-67(3,4)5)62-72-65(68)58-56-54-52-50-48-17-15-13-11-9-7-2/h21-22,64H,6-20,23-63H2,1-5H3/p+1/b22-21-. The number of phosphoric acid groups is 1. The summed E-state index contributed by atoms with van der Waals surface area (Å²) in [6, 6.07) is 0. The van der Waals surface area contributed by atoms with Crippen molar-refractivity contribution in [2.24, 2.45) is 0 Å². The normalized spacial score (nSPS) is 13.2. The summed E-state index contributed by atoms with van der Waals surface area (Å²) in [7, 11) is 1.50. The van der Waals surface area contributed by atoms with Crippen LogP contribution in [-0.2, 0) is 32.7 Å². The molecule has 0 aliphatic heterocycles. The zero-order valence-electron chi connectivity index (χ0n) is 51.5. The molecular weight excluding hydrogens is 966 g/mol. The number of unbranched alkanes of at least 4 members (excludes halogenated alkanes) is 47. The highest BCUT2D eigenvalue weighted by Crippen LogP contribution is 2.43. The second-order valence-corrected chi connectivity index (χ2v) is 25.7. The highest BCUT2D eigenvalue weighted by atomic mass is 31.2. The molecule has 0 rings (SSSR count). The number of hydrogen-bond donors (Lipinski definition) is 1. The molecule has 9 nitrogen and oxygen atoms in total. The van der Waals surface area contributed by atoms with Crippen molar-refractivity contribution in [1.29, 1.82) is 0 Å². The predicted octanol–water partition coefficient (Wildman–Crippen LogP) is 21.2. The Labute approximate surface area is 473 Å². The molecule has 1 N–H and O–H groups in total. The van der Waals surface area contributed by atoms with Crippen LogP contribution in [0.25, 0.3) is 0 Å². The van der Waals surface area contributed by atoms with Crippen LogP contribution < -0.4 is 0 Å². The summed E-state index contributed by atoms with van der Waals surface area (Å²) in [6.07, 6.45) is 70.7. The van der Waals surface area contributed by atoms with E-state index in [9.17, 15) is 19.0 Å². The SMILES string of the molecule is CCCCCCCCCC/C=C\CCCCCCCCCCCCCCCCCCCCCCCCCCCCCCCC(=O)OC(COC(=O)CCCCCCCCCCCCC)COP(=O)(O)OCC[N+](C)(C)C. The third-order valence-corrected chi connectivity index (χ3v) is 16.3. The second-order valence-electron chi connectivity index (χ2n) is 24.2. The van der Waals surface area contributed by atoms with Crippen LogP contribution in [0, 0.1) is 0 Å². The lowest BCUT2D eigenvalue weighted by molar-refractivity contribution is -0.870. The molecule has 2 atom stereocenters. The van der Waals surface area contributed by atoms with E-state index in [2.05, 4.69) is 26.0 Å². The number of carbonyl (C=O) groups is 2. The fraction of sp³-hybridized carbons (Fsp3) is 0.939. The maximum absolute atomic E-state index is 12.8. The molecule has 0 aromatic heterocycles. The van der Waals surface area contributed by atoms with Gasteiger partial charge in [0.25, 0.3) is 0 Å². The summed E-state index contributed by atoms with van der Waals surface area (Å²) in [5, 5.41) is 0. The van der Waals surface area contributed by atoms with Crippen molar-refractivity contribution >= 4 is 19.8 Å². The highest BCUT2D eigenvalue weighted by molar-refractivity contribution is 7.47. The van der Waals surface area contributed by atoms with Gasteiger partial charge in [0.15, 0.2) is 6.10 Å². The fourth-order valence-electron chi connectivity index (χ4n) is 10.1. The maximum atomic E-state index is 12.8. The first-order valence-corrected chi connectivity index (χ1v) is 34.9. The summed E-state index contributed by atoms with van der Waals surface area (Å²) < 4.78 is 34.5. The molecule has 0 spiro atoms. The molecule has 0 radical (unpaired) electrons. The van der Waals surface area contributed by atoms with Gasteiger partial charge in [-0.3, -0.25) is 18.6 Å². The monoisotopic (exact) mass is 1100 g/mol. The quantitative estimate of drug-likeness (QED) is 0.0211. The van der Waals surface area contributed by atoms with E-state index < -0.39 is 26.5 Å². The third-order valence-electron chi connectivity index (χ3n) is 15.3. The summed E-state index contributed by atoms with van der Waals surface area (Å²) >= 11 is 0. The largest absolute Gasteiger partial charge is 0.472 e. The van der Waals surface area contributed by atoms with E-state index in [-0.39, 0.29) is 25.6 Å². The van der Waals surface area contributed by atoms with Crippen molar-refractivity contribution in [2.75, 3.05) is 47.5 Å². The number of carbonyl (C=O) groups excluding carboxylic acids is 2. The van der Waals surface area contributed by atoms with E-state index in [4.69, 9.17) is 18.5 Å². The lowest BCUT2D eigenvalue weighted by atomic mass is 10.0. The Hall–Kier alpha value is -1.25. The Morgan fingerprint density at radius 2 is 0.671 bits per heavy atom. The summed E-state index contributed by atoms with van der Waals surface area (Å²) in [6.45, 7) is 4.48. The lowest BCUT2D eigenvalue weighted by Gasteiger charge is -2.24. The molecule has 452 valence electrons. The first-order chi connectivity index (χ1) is 37.0. The first-order valence-electron chi connectivity index (χ1n) is 33.4. The van der Waals surface area contributed by atoms with Crippen molar-refractivity contribution in [1.82, 2.24) is 0 Å². The van der Waals surface area contributed by atoms with Crippen LogP contribution in [0.5, 0.6) is 0 Å². The summed E-state index contributed by atoms with van der Waals surface area (Å²) in [5.74, 6) is -0.778. The molecule has 0 fully saturated rings. The zero-order chi connectivity index (χ0) is 55.6. The molecule has 0 aliphatic carbocycles. The topological polar surface area (TPSA) is 108 Å². The van der Waals surface area contributed by atoms with E-state index in [1.54, 1.807) is 0 Å². The molecule has 2 unspecified atom stereocenters.